The highest BCUT2D eigenvalue weighted by molar-refractivity contribution is 5.73. The molecule has 0 aromatic carbocycles. The third-order valence-electron chi connectivity index (χ3n) is 9.07. The molecule has 7 atom stereocenters. The lowest BCUT2D eigenvalue weighted by Gasteiger charge is -2.60. The third kappa shape index (κ3) is 2.15. The first-order valence-corrected chi connectivity index (χ1v) is 10.1. The van der Waals surface area contributed by atoms with Gasteiger partial charge in [-0.05, 0) is 85.9 Å². The van der Waals surface area contributed by atoms with E-state index in [0.717, 1.165) is 30.1 Å². The summed E-state index contributed by atoms with van der Waals surface area (Å²) >= 11 is 0. The highest BCUT2D eigenvalue weighted by Crippen LogP contribution is 2.67. The van der Waals surface area contributed by atoms with E-state index in [9.17, 15) is 4.79 Å². The van der Waals surface area contributed by atoms with Gasteiger partial charge in [-0.25, -0.2) is 0 Å². The summed E-state index contributed by atoms with van der Waals surface area (Å²) in [5.74, 6) is 3.78. The van der Waals surface area contributed by atoms with Crippen LogP contribution in [0.5, 0.6) is 0 Å². The molecule has 0 heterocycles. The maximum absolute atomic E-state index is 12.3. The summed E-state index contributed by atoms with van der Waals surface area (Å²) in [6.45, 7) is 5.04. The molecule has 4 rings (SSSR count). The lowest BCUT2D eigenvalue weighted by molar-refractivity contribution is -0.155. The first kappa shape index (κ1) is 16.0. The van der Waals surface area contributed by atoms with Crippen molar-refractivity contribution in [2.75, 3.05) is 7.11 Å². The van der Waals surface area contributed by atoms with Crippen molar-refractivity contribution in [2.24, 2.45) is 40.4 Å². The van der Waals surface area contributed by atoms with Gasteiger partial charge in [-0.3, -0.25) is 4.79 Å². The molecule has 0 aliphatic heterocycles. The summed E-state index contributed by atoms with van der Waals surface area (Å²) < 4.78 is 5.15. The molecule has 7 unspecified atom stereocenters. The van der Waals surface area contributed by atoms with Crippen LogP contribution in [-0.4, -0.2) is 13.1 Å². The smallest absolute Gasteiger partial charge is 0.309 e. The molecule has 2 heteroatoms. The summed E-state index contributed by atoms with van der Waals surface area (Å²) in [4.78, 5) is 12.3. The molecule has 0 radical (unpaired) electrons. The van der Waals surface area contributed by atoms with Crippen LogP contribution in [0.1, 0.15) is 78.1 Å². The monoisotopic (exact) mass is 318 g/mol. The molecular weight excluding hydrogens is 284 g/mol. The second kappa shape index (κ2) is 5.49. The molecule has 2 nitrogen and oxygen atoms in total. The molecule has 0 bridgehead atoms. The van der Waals surface area contributed by atoms with Crippen molar-refractivity contribution in [3.63, 3.8) is 0 Å². The number of fused-ring (bicyclic) bond motifs is 5. The van der Waals surface area contributed by atoms with Crippen molar-refractivity contribution in [2.45, 2.75) is 78.1 Å². The topological polar surface area (TPSA) is 26.3 Å². The van der Waals surface area contributed by atoms with Crippen LogP contribution >= 0.6 is 0 Å². The van der Waals surface area contributed by atoms with Crippen molar-refractivity contribution < 1.29 is 9.53 Å². The Morgan fingerprint density at radius 2 is 1.65 bits per heavy atom. The van der Waals surface area contributed by atoms with E-state index in [-0.39, 0.29) is 17.3 Å². The second-order valence-corrected chi connectivity index (χ2v) is 9.60. The summed E-state index contributed by atoms with van der Waals surface area (Å²) in [5, 5.41) is 0. The molecule has 0 aromatic rings. The number of rotatable bonds is 1. The predicted molar refractivity (Wildman–Crippen MR) is 91.9 cm³/mol. The van der Waals surface area contributed by atoms with Crippen LogP contribution in [0.25, 0.3) is 0 Å². The Bertz CT molecular complexity index is 486. The van der Waals surface area contributed by atoms with Gasteiger partial charge < -0.3 is 4.74 Å². The fourth-order valence-electron chi connectivity index (χ4n) is 7.82. The van der Waals surface area contributed by atoms with Crippen molar-refractivity contribution in [3.8, 4) is 0 Å². The average Bonchev–Trinajstić information content (AvgIpc) is 2.91. The fraction of sp³-hybridized carbons (Fsp3) is 0.952. The minimum Gasteiger partial charge on any atom is -0.469 e. The van der Waals surface area contributed by atoms with Gasteiger partial charge in [-0.2, -0.15) is 0 Å². The van der Waals surface area contributed by atoms with Gasteiger partial charge in [0.2, 0.25) is 0 Å². The minimum absolute atomic E-state index is 0.0611. The summed E-state index contributed by atoms with van der Waals surface area (Å²) in [5.41, 5.74) is 0.817. The number of hydrogen-bond donors (Lipinski definition) is 0. The largest absolute Gasteiger partial charge is 0.469 e. The first-order valence-electron chi connectivity index (χ1n) is 10.1. The normalized spacial score (nSPS) is 52.2. The average molecular weight is 319 g/mol. The summed E-state index contributed by atoms with van der Waals surface area (Å²) in [7, 11) is 1.57. The van der Waals surface area contributed by atoms with E-state index in [4.69, 9.17) is 4.74 Å². The Morgan fingerprint density at radius 3 is 2.43 bits per heavy atom. The Kier molecular flexibility index (Phi) is 3.81. The van der Waals surface area contributed by atoms with Crippen molar-refractivity contribution >= 4 is 5.97 Å². The van der Waals surface area contributed by atoms with Crippen molar-refractivity contribution in [3.05, 3.63) is 0 Å². The predicted octanol–water partition coefficient (Wildman–Crippen LogP) is 5.21. The Balaban J connectivity index is 1.61. The molecule has 4 fully saturated rings. The van der Waals surface area contributed by atoms with Crippen LogP contribution in [0, 0.1) is 40.4 Å². The molecule has 4 saturated carbocycles. The van der Waals surface area contributed by atoms with Gasteiger partial charge in [0.05, 0.1) is 13.0 Å². The molecule has 0 saturated heterocycles. The second-order valence-electron chi connectivity index (χ2n) is 9.60. The molecule has 0 amide bonds. The maximum atomic E-state index is 12.3. The van der Waals surface area contributed by atoms with Crippen LogP contribution < -0.4 is 0 Å². The number of ether oxygens (including phenoxy) is 1. The van der Waals surface area contributed by atoms with E-state index in [2.05, 4.69) is 13.8 Å². The van der Waals surface area contributed by atoms with Crippen LogP contribution in [-0.2, 0) is 9.53 Å². The number of methoxy groups -OCH3 is 1. The first-order chi connectivity index (χ1) is 11.0. The molecule has 23 heavy (non-hydrogen) atoms. The maximum Gasteiger partial charge on any atom is 0.309 e. The zero-order chi connectivity index (χ0) is 16.2. The lowest BCUT2D eigenvalue weighted by atomic mass is 9.45. The Hall–Kier alpha value is -0.530. The number of carbonyl (C=O) groups is 1. The summed E-state index contributed by atoms with van der Waals surface area (Å²) in [6.07, 6.45) is 13.7. The number of carbonyl (C=O) groups excluding carboxylic acids is 1. The van der Waals surface area contributed by atoms with Crippen LogP contribution in [0.3, 0.4) is 0 Å². The van der Waals surface area contributed by atoms with Crippen LogP contribution in [0.2, 0.25) is 0 Å². The quantitative estimate of drug-likeness (QED) is 0.620. The zero-order valence-corrected chi connectivity index (χ0v) is 15.3. The molecule has 130 valence electrons. The Morgan fingerprint density at radius 1 is 0.870 bits per heavy atom. The number of esters is 1. The van der Waals surface area contributed by atoms with E-state index >= 15 is 0 Å². The van der Waals surface area contributed by atoms with Gasteiger partial charge in [-0.1, -0.05) is 26.7 Å². The van der Waals surface area contributed by atoms with Gasteiger partial charge in [0, 0.05) is 0 Å². The number of hydrogen-bond acceptors (Lipinski definition) is 2. The fourth-order valence-corrected chi connectivity index (χ4v) is 7.82. The van der Waals surface area contributed by atoms with Gasteiger partial charge >= 0.3 is 5.97 Å². The van der Waals surface area contributed by atoms with Gasteiger partial charge in [0.25, 0.3) is 0 Å². The van der Waals surface area contributed by atoms with Crippen LogP contribution in [0.4, 0.5) is 0 Å². The van der Waals surface area contributed by atoms with Crippen molar-refractivity contribution in [1.29, 1.82) is 0 Å². The van der Waals surface area contributed by atoms with E-state index in [1.54, 1.807) is 7.11 Å². The molecule has 0 aromatic heterocycles. The molecule has 0 spiro atoms. The van der Waals surface area contributed by atoms with Crippen molar-refractivity contribution in [1.82, 2.24) is 0 Å². The highest BCUT2D eigenvalue weighted by Gasteiger charge is 2.61. The standard InChI is InChI=1S/C21H34O2/c1-20-12-5-4-6-14(20)7-8-15-16-9-10-18(19(22)23-3)21(16,2)13-11-17(15)20/h14-18H,4-13H2,1-3H3. The van der Waals surface area contributed by atoms with Gasteiger partial charge in [0.1, 0.15) is 0 Å². The SMILES string of the molecule is COC(=O)C1CCC2C3CCC4CCCCC4(C)C3CCC12C. The third-order valence-corrected chi connectivity index (χ3v) is 9.07. The molecular formula is C21H34O2. The van der Waals surface area contributed by atoms with Gasteiger partial charge in [0.15, 0.2) is 0 Å². The van der Waals surface area contributed by atoms with E-state index < -0.39 is 0 Å². The van der Waals surface area contributed by atoms with E-state index in [1.165, 1.54) is 57.8 Å². The molecule has 4 aliphatic rings. The van der Waals surface area contributed by atoms with Gasteiger partial charge in [-0.15, -0.1) is 0 Å². The van der Waals surface area contributed by atoms with E-state index in [1.807, 2.05) is 0 Å². The van der Waals surface area contributed by atoms with Crippen LogP contribution in [0.15, 0.2) is 0 Å². The summed E-state index contributed by atoms with van der Waals surface area (Å²) in [6, 6.07) is 0. The van der Waals surface area contributed by atoms with E-state index in [0.29, 0.717) is 5.41 Å². The zero-order valence-electron chi connectivity index (χ0n) is 15.3. The highest BCUT2D eigenvalue weighted by atomic mass is 16.5. The lowest BCUT2D eigenvalue weighted by Crippen LogP contribution is -2.53. The minimum atomic E-state index is 0.0611. The molecule has 4 aliphatic carbocycles. The molecule has 0 N–H and O–H groups in total. The Labute approximate surface area is 141 Å².